The Bertz CT molecular complexity index is 1270. The third kappa shape index (κ3) is 2.37. The first kappa shape index (κ1) is 17.0. The lowest BCUT2D eigenvalue weighted by Gasteiger charge is -2.10. The van der Waals surface area contributed by atoms with E-state index < -0.39 is 5.91 Å². The number of fused-ring (bicyclic) bond motifs is 3. The fourth-order valence-electron chi connectivity index (χ4n) is 3.92. The van der Waals surface area contributed by atoms with Gasteiger partial charge in [0.25, 0.3) is 5.91 Å². The van der Waals surface area contributed by atoms with Crippen molar-refractivity contribution in [1.29, 1.82) is 5.26 Å². The van der Waals surface area contributed by atoms with Gasteiger partial charge >= 0.3 is 0 Å². The van der Waals surface area contributed by atoms with Gasteiger partial charge in [0.05, 0.1) is 5.71 Å². The van der Waals surface area contributed by atoms with Crippen LogP contribution in [0.5, 0.6) is 0 Å². The Balaban J connectivity index is 1.68. The molecule has 1 aliphatic heterocycles. The Kier molecular flexibility index (Phi) is 3.75. The van der Waals surface area contributed by atoms with Crippen molar-refractivity contribution in [3.05, 3.63) is 76.9 Å². The molecule has 1 aliphatic carbocycles. The van der Waals surface area contributed by atoms with Crippen LogP contribution in [0.1, 0.15) is 36.5 Å². The van der Waals surface area contributed by atoms with E-state index in [-0.39, 0.29) is 5.57 Å². The summed E-state index contributed by atoms with van der Waals surface area (Å²) in [5.41, 5.74) is 4.71. The first-order valence-corrected chi connectivity index (χ1v) is 10.0. The number of carbonyl (C=O) groups excluding carboxylic acids is 1. The van der Waals surface area contributed by atoms with Gasteiger partial charge in [-0.1, -0.05) is 62.0 Å². The van der Waals surface area contributed by atoms with Gasteiger partial charge in [-0.3, -0.25) is 4.79 Å². The lowest BCUT2D eigenvalue weighted by atomic mass is 10.0. The van der Waals surface area contributed by atoms with Crippen molar-refractivity contribution in [2.24, 2.45) is 4.99 Å². The van der Waals surface area contributed by atoms with Crippen LogP contribution in [-0.4, -0.2) is 11.6 Å². The maximum atomic E-state index is 12.2. The molecule has 0 fully saturated rings. The van der Waals surface area contributed by atoms with Gasteiger partial charge < -0.3 is 0 Å². The molecule has 134 valence electrons. The molecule has 3 nitrogen and oxygen atoms in total. The standard InChI is InChI=1S/C24H16N2OS/c1-13(2)14-6-9-16(10-7-14)28-19-11-8-15-4-3-5-17-20(15)22(19)23-21(17)18(12-25)24(27)26-23/h3-11,13H,1-2H3. The average Bonchev–Trinajstić information content (AvgIpc) is 3.19. The van der Waals surface area contributed by atoms with Gasteiger partial charge in [-0.2, -0.15) is 5.26 Å². The van der Waals surface area contributed by atoms with Gasteiger partial charge in [0, 0.05) is 26.3 Å². The molecule has 4 heteroatoms. The molecule has 0 radical (unpaired) electrons. The zero-order chi connectivity index (χ0) is 19.4. The largest absolute Gasteiger partial charge is 0.288 e. The van der Waals surface area contributed by atoms with E-state index in [1.807, 2.05) is 12.1 Å². The SMILES string of the molecule is CC(C)c1ccc(Sc2ccc3cccc4c3c2C2=NC(=O)C(C#N)=C24)cc1. The zero-order valence-corrected chi connectivity index (χ0v) is 16.3. The molecule has 3 aromatic carbocycles. The van der Waals surface area contributed by atoms with E-state index in [1.54, 1.807) is 11.8 Å². The average molecular weight is 380 g/mol. The third-order valence-corrected chi connectivity index (χ3v) is 6.38. The summed E-state index contributed by atoms with van der Waals surface area (Å²) in [4.78, 5) is 18.7. The van der Waals surface area contributed by atoms with E-state index in [0.717, 1.165) is 31.7 Å². The second-order valence-electron chi connectivity index (χ2n) is 7.30. The van der Waals surface area contributed by atoms with Crippen LogP contribution >= 0.6 is 11.8 Å². The van der Waals surface area contributed by atoms with Gasteiger partial charge in [-0.15, -0.1) is 0 Å². The summed E-state index contributed by atoms with van der Waals surface area (Å²) < 4.78 is 0. The van der Waals surface area contributed by atoms with Crippen LogP contribution in [0.3, 0.4) is 0 Å². The molecule has 0 N–H and O–H groups in total. The second-order valence-corrected chi connectivity index (χ2v) is 8.41. The molecule has 3 aromatic rings. The van der Waals surface area contributed by atoms with Crippen molar-refractivity contribution in [1.82, 2.24) is 0 Å². The van der Waals surface area contributed by atoms with Gasteiger partial charge in [-0.05, 0) is 40.6 Å². The highest BCUT2D eigenvalue weighted by molar-refractivity contribution is 7.99. The summed E-state index contributed by atoms with van der Waals surface area (Å²) in [6.07, 6.45) is 0. The van der Waals surface area contributed by atoms with E-state index in [4.69, 9.17) is 0 Å². The number of amides is 1. The molecule has 0 saturated carbocycles. The second kappa shape index (κ2) is 6.19. The molecule has 0 saturated heterocycles. The molecule has 0 unspecified atom stereocenters. The van der Waals surface area contributed by atoms with Crippen molar-refractivity contribution in [2.75, 3.05) is 0 Å². The topological polar surface area (TPSA) is 53.2 Å². The van der Waals surface area contributed by atoms with Crippen molar-refractivity contribution in [2.45, 2.75) is 29.6 Å². The predicted molar refractivity (Wildman–Crippen MR) is 113 cm³/mol. The fraction of sp³-hybridized carbons (Fsp3) is 0.125. The van der Waals surface area contributed by atoms with Crippen molar-refractivity contribution in [3.8, 4) is 6.07 Å². The number of nitrogens with zero attached hydrogens (tertiary/aromatic N) is 2. The first-order valence-electron chi connectivity index (χ1n) is 9.20. The number of aliphatic imine (C=N–C) groups is 1. The van der Waals surface area contributed by atoms with E-state index in [2.05, 4.69) is 67.4 Å². The maximum Gasteiger partial charge on any atom is 0.288 e. The normalized spacial score (nSPS) is 14.6. The number of nitriles is 1. The number of carbonyl (C=O) groups is 1. The Morgan fingerprint density at radius 2 is 1.82 bits per heavy atom. The Morgan fingerprint density at radius 1 is 1.04 bits per heavy atom. The quantitative estimate of drug-likeness (QED) is 0.583. The maximum absolute atomic E-state index is 12.2. The van der Waals surface area contributed by atoms with Gasteiger partial charge in [0.1, 0.15) is 11.6 Å². The van der Waals surface area contributed by atoms with Gasteiger partial charge in [0.2, 0.25) is 0 Å². The van der Waals surface area contributed by atoms with Crippen LogP contribution in [-0.2, 0) is 4.79 Å². The highest BCUT2D eigenvalue weighted by atomic mass is 32.2. The molecule has 5 rings (SSSR count). The molecule has 2 aliphatic rings. The van der Waals surface area contributed by atoms with E-state index >= 15 is 0 Å². The van der Waals surface area contributed by atoms with Gasteiger partial charge in [0.15, 0.2) is 0 Å². The summed E-state index contributed by atoms with van der Waals surface area (Å²) >= 11 is 1.67. The number of benzene rings is 3. The molecule has 1 amide bonds. The summed E-state index contributed by atoms with van der Waals surface area (Å²) in [6.45, 7) is 4.37. The number of hydrogen-bond donors (Lipinski definition) is 0. The minimum Gasteiger partial charge on any atom is -0.266 e. The third-order valence-electron chi connectivity index (χ3n) is 5.31. The Labute approximate surface area is 167 Å². The van der Waals surface area contributed by atoms with Crippen LogP contribution in [0.15, 0.2) is 75.0 Å². The van der Waals surface area contributed by atoms with Crippen LogP contribution in [0, 0.1) is 11.3 Å². The van der Waals surface area contributed by atoms with E-state index in [0.29, 0.717) is 17.2 Å². The van der Waals surface area contributed by atoms with Crippen LogP contribution in [0.4, 0.5) is 0 Å². The smallest absolute Gasteiger partial charge is 0.266 e. The summed E-state index contributed by atoms with van der Waals surface area (Å²) in [7, 11) is 0. The van der Waals surface area contributed by atoms with E-state index in [9.17, 15) is 10.1 Å². The van der Waals surface area contributed by atoms with E-state index in [1.165, 1.54) is 5.56 Å². The Hall–Kier alpha value is -3.16. The van der Waals surface area contributed by atoms with Crippen molar-refractivity contribution < 1.29 is 4.79 Å². The summed E-state index contributed by atoms with van der Waals surface area (Å²) in [6, 6.07) is 20.8. The lowest BCUT2D eigenvalue weighted by Crippen LogP contribution is -1.96. The minimum atomic E-state index is -0.434. The molecule has 28 heavy (non-hydrogen) atoms. The summed E-state index contributed by atoms with van der Waals surface area (Å²) in [5, 5.41) is 11.7. The molecule has 0 aromatic heterocycles. The highest BCUT2D eigenvalue weighted by Gasteiger charge is 2.37. The highest BCUT2D eigenvalue weighted by Crippen LogP contribution is 2.47. The minimum absolute atomic E-state index is 0.149. The number of hydrogen-bond acceptors (Lipinski definition) is 3. The van der Waals surface area contributed by atoms with Crippen molar-refractivity contribution in [3.63, 3.8) is 0 Å². The number of allylic oxidation sites excluding steroid dienone is 1. The first-order chi connectivity index (χ1) is 13.6. The van der Waals surface area contributed by atoms with Crippen LogP contribution in [0.25, 0.3) is 16.3 Å². The lowest BCUT2D eigenvalue weighted by molar-refractivity contribution is -0.113. The molecular formula is C24H16N2OS. The van der Waals surface area contributed by atoms with Crippen LogP contribution in [0.2, 0.25) is 0 Å². The number of rotatable bonds is 3. The van der Waals surface area contributed by atoms with Gasteiger partial charge in [-0.25, -0.2) is 4.99 Å². The van der Waals surface area contributed by atoms with Crippen molar-refractivity contribution >= 4 is 39.7 Å². The zero-order valence-electron chi connectivity index (χ0n) is 15.5. The fourth-order valence-corrected chi connectivity index (χ4v) is 4.88. The monoisotopic (exact) mass is 380 g/mol. The molecular weight excluding hydrogens is 364 g/mol. The van der Waals surface area contributed by atoms with Crippen LogP contribution < -0.4 is 0 Å². The molecule has 1 heterocycles. The Morgan fingerprint density at radius 3 is 2.54 bits per heavy atom. The predicted octanol–water partition coefficient (Wildman–Crippen LogP) is 5.73. The molecule has 0 spiro atoms. The summed E-state index contributed by atoms with van der Waals surface area (Å²) in [5.74, 6) is 0.0621. The molecule has 0 bridgehead atoms. The molecule has 0 atom stereocenters.